The molecular weight excluding hydrogens is 273 g/mol. The topological polar surface area (TPSA) is 58.6 Å². The van der Waals surface area contributed by atoms with Crippen LogP contribution in [0.25, 0.3) is 0 Å². The van der Waals surface area contributed by atoms with Crippen LogP contribution in [0.4, 0.5) is 4.39 Å². The lowest BCUT2D eigenvalue weighted by Gasteiger charge is -2.27. The van der Waals surface area contributed by atoms with Crippen molar-refractivity contribution in [2.75, 3.05) is 13.2 Å². The smallest absolute Gasteiger partial charge is 0.220 e. The van der Waals surface area contributed by atoms with Crippen molar-refractivity contribution in [3.63, 3.8) is 0 Å². The van der Waals surface area contributed by atoms with E-state index in [0.29, 0.717) is 25.2 Å². The Morgan fingerprint density at radius 3 is 2.57 bits per heavy atom. The fourth-order valence-corrected chi connectivity index (χ4v) is 1.52. The number of nitrogens with one attached hydrogen (secondary N) is 1. The van der Waals surface area contributed by atoms with Crippen molar-refractivity contribution in [2.24, 2.45) is 5.92 Å². The quantitative estimate of drug-likeness (QED) is 0.725. The zero-order valence-corrected chi connectivity index (χ0v) is 12.9. The summed E-state index contributed by atoms with van der Waals surface area (Å²) < 4.78 is 18.1. The molecule has 2 N–H and O–H groups in total. The average molecular weight is 297 g/mol. The van der Waals surface area contributed by atoms with Crippen LogP contribution in [0.2, 0.25) is 0 Å². The molecule has 0 aliphatic heterocycles. The van der Waals surface area contributed by atoms with Gasteiger partial charge in [-0.2, -0.15) is 0 Å². The van der Waals surface area contributed by atoms with Crippen molar-refractivity contribution in [1.29, 1.82) is 0 Å². The van der Waals surface area contributed by atoms with E-state index < -0.39 is 5.60 Å². The number of amides is 1. The third kappa shape index (κ3) is 6.58. The number of halogens is 1. The van der Waals surface area contributed by atoms with Gasteiger partial charge in [-0.3, -0.25) is 4.79 Å². The minimum absolute atomic E-state index is 0.0691. The molecule has 0 aliphatic carbocycles. The summed E-state index contributed by atoms with van der Waals surface area (Å²) in [6.07, 6.45) is 0.891. The number of benzene rings is 1. The molecule has 1 unspecified atom stereocenters. The van der Waals surface area contributed by atoms with Crippen molar-refractivity contribution < 1.29 is 19.0 Å². The van der Waals surface area contributed by atoms with Crippen molar-refractivity contribution >= 4 is 5.91 Å². The van der Waals surface area contributed by atoms with E-state index in [0.717, 1.165) is 0 Å². The molecule has 0 bridgehead atoms. The zero-order chi connectivity index (χ0) is 15.9. The van der Waals surface area contributed by atoms with Crippen LogP contribution in [0.3, 0.4) is 0 Å². The van der Waals surface area contributed by atoms with Gasteiger partial charge in [0.05, 0.1) is 12.2 Å². The molecule has 1 aromatic rings. The van der Waals surface area contributed by atoms with E-state index in [-0.39, 0.29) is 24.2 Å². The number of hydrogen-bond acceptors (Lipinski definition) is 3. The van der Waals surface area contributed by atoms with Crippen LogP contribution in [0.5, 0.6) is 5.75 Å². The molecule has 21 heavy (non-hydrogen) atoms. The van der Waals surface area contributed by atoms with E-state index in [9.17, 15) is 14.3 Å². The van der Waals surface area contributed by atoms with Crippen LogP contribution in [0.1, 0.15) is 33.6 Å². The SMILES string of the molecule is CC(C)C(C)(O)CNC(=O)CCCOc1ccc(F)cc1. The molecule has 5 heteroatoms. The molecule has 0 radical (unpaired) electrons. The van der Waals surface area contributed by atoms with Crippen molar-refractivity contribution in [1.82, 2.24) is 5.32 Å². The van der Waals surface area contributed by atoms with Gasteiger partial charge in [-0.15, -0.1) is 0 Å². The highest BCUT2D eigenvalue weighted by molar-refractivity contribution is 5.75. The fourth-order valence-electron chi connectivity index (χ4n) is 1.52. The molecule has 4 nitrogen and oxygen atoms in total. The Morgan fingerprint density at radius 2 is 2.00 bits per heavy atom. The van der Waals surface area contributed by atoms with Crippen LogP contribution in [0.15, 0.2) is 24.3 Å². The Labute approximate surface area is 125 Å². The second-order valence-electron chi connectivity index (χ2n) is 5.69. The summed E-state index contributed by atoms with van der Waals surface area (Å²) in [6.45, 7) is 6.14. The van der Waals surface area contributed by atoms with Crippen LogP contribution in [0, 0.1) is 11.7 Å². The predicted molar refractivity (Wildman–Crippen MR) is 79.6 cm³/mol. The number of hydrogen-bond donors (Lipinski definition) is 2. The van der Waals surface area contributed by atoms with Gasteiger partial charge in [-0.1, -0.05) is 13.8 Å². The van der Waals surface area contributed by atoms with Gasteiger partial charge in [-0.25, -0.2) is 4.39 Å². The Morgan fingerprint density at radius 1 is 1.38 bits per heavy atom. The summed E-state index contributed by atoms with van der Waals surface area (Å²) in [5, 5.41) is 12.7. The first kappa shape index (κ1) is 17.4. The van der Waals surface area contributed by atoms with Crippen LogP contribution in [-0.4, -0.2) is 29.8 Å². The lowest BCUT2D eigenvalue weighted by atomic mass is 9.92. The van der Waals surface area contributed by atoms with Crippen LogP contribution >= 0.6 is 0 Å². The maximum atomic E-state index is 12.7. The summed E-state index contributed by atoms with van der Waals surface area (Å²) in [5.41, 5.74) is -0.903. The van der Waals surface area contributed by atoms with Crippen molar-refractivity contribution in [3.8, 4) is 5.75 Å². The molecular formula is C16H24FNO3. The summed E-state index contributed by atoms with van der Waals surface area (Å²) in [6, 6.07) is 5.76. The second kappa shape index (κ2) is 7.98. The third-order valence-corrected chi connectivity index (χ3v) is 3.52. The molecule has 1 amide bonds. The normalized spacial score (nSPS) is 13.8. The van der Waals surface area contributed by atoms with E-state index in [4.69, 9.17) is 4.74 Å². The van der Waals surface area contributed by atoms with E-state index in [1.54, 1.807) is 19.1 Å². The predicted octanol–water partition coefficient (Wildman–Crippen LogP) is 2.51. The highest BCUT2D eigenvalue weighted by atomic mass is 19.1. The maximum absolute atomic E-state index is 12.7. The molecule has 0 aromatic heterocycles. The summed E-state index contributed by atoms with van der Waals surface area (Å²) in [5.74, 6) is 0.233. The zero-order valence-electron chi connectivity index (χ0n) is 12.9. The minimum Gasteiger partial charge on any atom is -0.494 e. The Bertz CT molecular complexity index is 443. The molecule has 0 spiro atoms. The third-order valence-electron chi connectivity index (χ3n) is 3.52. The molecule has 1 rings (SSSR count). The number of carbonyl (C=O) groups excluding carboxylic acids is 1. The van der Waals surface area contributed by atoms with Gasteiger partial charge in [0, 0.05) is 13.0 Å². The van der Waals surface area contributed by atoms with Crippen LogP contribution in [-0.2, 0) is 4.79 Å². The molecule has 1 atom stereocenters. The van der Waals surface area contributed by atoms with Gasteiger partial charge in [0.15, 0.2) is 0 Å². The van der Waals surface area contributed by atoms with Gasteiger partial charge in [0.25, 0.3) is 0 Å². The highest BCUT2D eigenvalue weighted by Gasteiger charge is 2.25. The van der Waals surface area contributed by atoms with E-state index in [1.807, 2.05) is 13.8 Å². The summed E-state index contributed by atoms with van der Waals surface area (Å²) in [7, 11) is 0. The monoisotopic (exact) mass is 297 g/mol. The number of ether oxygens (including phenoxy) is 1. The van der Waals surface area contributed by atoms with Gasteiger partial charge in [0.1, 0.15) is 11.6 Å². The Balaban J connectivity index is 2.18. The number of carbonyl (C=O) groups is 1. The lowest BCUT2D eigenvalue weighted by Crippen LogP contribution is -2.44. The maximum Gasteiger partial charge on any atom is 0.220 e. The number of aliphatic hydroxyl groups is 1. The van der Waals surface area contributed by atoms with E-state index in [2.05, 4.69) is 5.32 Å². The number of rotatable bonds is 8. The lowest BCUT2D eigenvalue weighted by molar-refractivity contribution is -0.122. The van der Waals surface area contributed by atoms with Gasteiger partial charge in [0.2, 0.25) is 5.91 Å². The molecule has 0 saturated heterocycles. The highest BCUT2D eigenvalue weighted by Crippen LogP contribution is 2.14. The minimum atomic E-state index is -0.903. The first-order chi connectivity index (χ1) is 9.81. The van der Waals surface area contributed by atoms with Gasteiger partial charge < -0.3 is 15.2 Å². The molecule has 0 heterocycles. The largest absolute Gasteiger partial charge is 0.494 e. The average Bonchev–Trinajstić information content (AvgIpc) is 2.43. The van der Waals surface area contributed by atoms with Gasteiger partial charge >= 0.3 is 0 Å². The summed E-state index contributed by atoms with van der Waals surface area (Å²) >= 11 is 0. The molecule has 0 fully saturated rings. The standard InChI is InChI=1S/C16H24FNO3/c1-12(2)16(3,20)11-18-15(19)5-4-10-21-14-8-6-13(17)7-9-14/h6-9,12,20H,4-5,10-11H2,1-3H3,(H,18,19). The molecule has 118 valence electrons. The van der Waals surface area contributed by atoms with Gasteiger partial charge in [-0.05, 0) is 43.5 Å². The summed E-state index contributed by atoms with van der Waals surface area (Å²) in [4.78, 5) is 11.6. The second-order valence-corrected chi connectivity index (χ2v) is 5.69. The first-order valence-electron chi connectivity index (χ1n) is 7.18. The Hall–Kier alpha value is -1.62. The van der Waals surface area contributed by atoms with E-state index in [1.165, 1.54) is 12.1 Å². The first-order valence-corrected chi connectivity index (χ1v) is 7.18. The molecule has 1 aromatic carbocycles. The fraction of sp³-hybridized carbons (Fsp3) is 0.562. The van der Waals surface area contributed by atoms with Crippen molar-refractivity contribution in [3.05, 3.63) is 30.1 Å². The van der Waals surface area contributed by atoms with E-state index >= 15 is 0 Å². The van der Waals surface area contributed by atoms with Crippen molar-refractivity contribution in [2.45, 2.75) is 39.2 Å². The Kier molecular flexibility index (Phi) is 6.62. The van der Waals surface area contributed by atoms with Crippen LogP contribution < -0.4 is 10.1 Å². The molecule has 0 aliphatic rings. The molecule has 0 saturated carbocycles.